The summed E-state index contributed by atoms with van der Waals surface area (Å²) in [5.41, 5.74) is 1.92. The van der Waals surface area contributed by atoms with Gasteiger partial charge in [0.15, 0.2) is 0 Å². The fourth-order valence-corrected chi connectivity index (χ4v) is 4.71. The molecule has 0 N–H and O–H groups in total. The second-order valence-electron chi connectivity index (χ2n) is 4.11. The van der Waals surface area contributed by atoms with Crippen molar-refractivity contribution in [1.29, 1.82) is 0 Å². The molecule has 1 unspecified atom stereocenters. The number of thioether (sulfide) groups is 2. The maximum absolute atomic E-state index is 6.07. The van der Waals surface area contributed by atoms with Crippen molar-refractivity contribution < 1.29 is 0 Å². The van der Waals surface area contributed by atoms with E-state index in [0.29, 0.717) is 11.1 Å². The molecule has 2 aliphatic heterocycles. The minimum absolute atomic E-state index is 0.323. The molecule has 94 valence electrons. The number of aliphatic imine (C=N–C) groups is 1. The quantitative estimate of drug-likeness (QED) is 0.677. The first-order valence-corrected chi connectivity index (χ1v) is 8.68. The fraction of sp³-hybridized carbons (Fsp3) is 0.333. The molecule has 0 saturated carbocycles. The fourth-order valence-electron chi connectivity index (χ4n) is 2.15. The predicted molar refractivity (Wildman–Crippen MR) is 86.7 cm³/mol. The van der Waals surface area contributed by atoms with Gasteiger partial charge in [-0.15, -0.1) is 23.5 Å². The molecule has 1 saturated heterocycles. The highest BCUT2D eigenvalue weighted by Gasteiger charge is 2.34. The van der Waals surface area contributed by atoms with E-state index < -0.39 is 0 Å². The van der Waals surface area contributed by atoms with E-state index in [1.807, 2.05) is 30.0 Å². The third-order valence-corrected chi connectivity index (χ3v) is 5.54. The molecule has 3 rings (SSSR count). The second kappa shape index (κ2) is 5.04. The molecule has 1 aromatic carbocycles. The van der Waals surface area contributed by atoms with Crippen LogP contribution in [-0.2, 0) is 0 Å². The normalized spacial score (nSPS) is 22.3. The Hall–Kier alpha value is -0.230. The van der Waals surface area contributed by atoms with Gasteiger partial charge < -0.3 is 4.90 Å². The highest BCUT2D eigenvalue weighted by molar-refractivity contribution is 8.13. The first kappa shape index (κ1) is 12.8. The Labute approximate surface area is 125 Å². The van der Waals surface area contributed by atoms with E-state index in [9.17, 15) is 0 Å². The van der Waals surface area contributed by atoms with Crippen molar-refractivity contribution >= 4 is 63.1 Å². The van der Waals surface area contributed by atoms with Crippen LogP contribution in [0.15, 0.2) is 23.2 Å². The Kier molecular flexibility index (Phi) is 3.58. The van der Waals surface area contributed by atoms with E-state index in [4.69, 9.17) is 28.8 Å². The molecule has 0 aliphatic carbocycles. The zero-order valence-electron chi connectivity index (χ0n) is 9.72. The van der Waals surface area contributed by atoms with Crippen molar-refractivity contribution in [2.24, 2.45) is 4.99 Å². The highest BCUT2D eigenvalue weighted by atomic mass is 35.5. The standard InChI is InChI=1S/C12H11ClN2S3/c1-17-11-10-5-18-6-15(10)12(16)8-4-7(13)2-3-9(8)14-11/h2-4,10H,5-6H2,1H3. The minimum Gasteiger partial charge on any atom is -0.343 e. The van der Waals surface area contributed by atoms with E-state index in [-0.39, 0.29) is 0 Å². The maximum atomic E-state index is 6.07. The Morgan fingerprint density at radius 2 is 2.39 bits per heavy atom. The molecule has 0 radical (unpaired) electrons. The molecular formula is C12H11ClN2S3. The van der Waals surface area contributed by atoms with Gasteiger partial charge in [-0.05, 0) is 24.5 Å². The van der Waals surface area contributed by atoms with Crippen LogP contribution < -0.4 is 0 Å². The number of hydrogen-bond acceptors (Lipinski definition) is 4. The van der Waals surface area contributed by atoms with E-state index in [1.54, 1.807) is 11.8 Å². The molecule has 2 nitrogen and oxygen atoms in total. The highest BCUT2D eigenvalue weighted by Crippen LogP contribution is 2.35. The largest absolute Gasteiger partial charge is 0.343 e. The topological polar surface area (TPSA) is 15.6 Å². The first-order valence-electron chi connectivity index (χ1n) is 5.51. The molecule has 0 aromatic heterocycles. The summed E-state index contributed by atoms with van der Waals surface area (Å²) in [6, 6.07) is 6.07. The number of nitrogens with zero attached hydrogens (tertiary/aromatic N) is 2. The van der Waals surface area contributed by atoms with Crippen LogP contribution in [0.1, 0.15) is 5.56 Å². The Morgan fingerprint density at radius 3 is 3.17 bits per heavy atom. The third-order valence-electron chi connectivity index (χ3n) is 3.06. The van der Waals surface area contributed by atoms with Gasteiger partial charge in [-0.2, -0.15) is 0 Å². The lowest BCUT2D eigenvalue weighted by Crippen LogP contribution is -2.39. The van der Waals surface area contributed by atoms with Gasteiger partial charge in [0, 0.05) is 16.3 Å². The summed E-state index contributed by atoms with van der Waals surface area (Å²) < 4.78 is 0. The molecule has 1 aromatic rings. The van der Waals surface area contributed by atoms with Crippen molar-refractivity contribution in [2.75, 3.05) is 17.9 Å². The Balaban J connectivity index is 2.16. The SMILES string of the molecule is CSC1=Nc2ccc(Cl)cc2C(=S)N2CSCC12. The van der Waals surface area contributed by atoms with Crippen molar-refractivity contribution in [3.8, 4) is 0 Å². The minimum atomic E-state index is 0.323. The summed E-state index contributed by atoms with van der Waals surface area (Å²) in [7, 11) is 0. The van der Waals surface area contributed by atoms with Gasteiger partial charge in [0.25, 0.3) is 0 Å². The molecule has 0 spiro atoms. The van der Waals surface area contributed by atoms with Gasteiger partial charge in [0.2, 0.25) is 0 Å². The summed E-state index contributed by atoms with van der Waals surface area (Å²) in [6.07, 6.45) is 2.07. The van der Waals surface area contributed by atoms with Crippen molar-refractivity contribution in [3.05, 3.63) is 28.8 Å². The van der Waals surface area contributed by atoms with Crippen LogP contribution in [0, 0.1) is 0 Å². The lowest BCUT2D eigenvalue weighted by molar-refractivity contribution is 0.499. The van der Waals surface area contributed by atoms with Crippen LogP contribution in [0.4, 0.5) is 5.69 Å². The average Bonchev–Trinajstić information content (AvgIpc) is 2.81. The maximum Gasteiger partial charge on any atom is 0.112 e. The number of fused-ring (bicyclic) bond motifs is 2. The lowest BCUT2D eigenvalue weighted by Gasteiger charge is -2.24. The molecule has 2 aliphatic rings. The van der Waals surface area contributed by atoms with Crippen molar-refractivity contribution in [1.82, 2.24) is 4.90 Å². The van der Waals surface area contributed by atoms with E-state index in [2.05, 4.69) is 11.2 Å². The lowest BCUT2D eigenvalue weighted by atomic mass is 10.1. The monoisotopic (exact) mass is 314 g/mol. The van der Waals surface area contributed by atoms with E-state index in [0.717, 1.165) is 32.9 Å². The van der Waals surface area contributed by atoms with Crippen LogP contribution in [-0.4, -0.2) is 38.9 Å². The number of thiocarbonyl (C=S) groups is 1. The zero-order chi connectivity index (χ0) is 12.7. The average molecular weight is 315 g/mol. The van der Waals surface area contributed by atoms with Gasteiger partial charge in [-0.3, -0.25) is 0 Å². The predicted octanol–water partition coefficient (Wildman–Crippen LogP) is 3.80. The van der Waals surface area contributed by atoms with Crippen LogP contribution in [0.3, 0.4) is 0 Å². The number of benzene rings is 1. The van der Waals surface area contributed by atoms with Gasteiger partial charge in [-0.1, -0.05) is 23.8 Å². The molecule has 2 heterocycles. The van der Waals surface area contributed by atoms with Crippen LogP contribution in [0.25, 0.3) is 0 Å². The molecule has 0 amide bonds. The Bertz CT molecular complexity index is 544. The van der Waals surface area contributed by atoms with Crippen molar-refractivity contribution in [2.45, 2.75) is 6.04 Å². The number of halogens is 1. The van der Waals surface area contributed by atoms with Gasteiger partial charge in [0.1, 0.15) is 4.99 Å². The van der Waals surface area contributed by atoms with Gasteiger partial charge >= 0.3 is 0 Å². The number of hydrogen-bond donors (Lipinski definition) is 0. The Morgan fingerprint density at radius 1 is 1.56 bits per heavy atom. The van der Waals surface area contributed by atoms with Crippen LogP contribution in [0.2, 0.25) is 5.02 Å². The van der Waals surface area contributed by atoms with E-state index >= 15 is 0 Å². The molecular weight excluding hydrogens is 304 g/mol. The summed E-state index contributed by atoms with van der Waals surface area (Å²) in [5, 5.41) is 1.85. The summed E-state index contributed by atoms with van der Waals surface area (Å²) >= 11 is 15.3. The zero-order valence-corrected chi connectivity index (χ0v) is 12.9. The van der Waals surface area contributed by atoms with Gasteiger partial charge in [0.05, 0.1) is 22.6 Å². The van der Waals surface area contributed by atoms with Crippen LogP contribution >= 0.6 is 47.3 Å². The first-order chi connectivity index (χ1) is 8.70. The van der Waals surface area contributed by atoms with Crippen LogP contribution in [0.5, 0.6) is 0 Å². The molecule has 1 fully saturated rings. The third kappa shape index (κ3) is 2.07. The van der Waals surface area contributed by atoms with Crippen molar-refractivity contribution in [3.63, 3.8) is 0 Å². The summed E-state index contributed by atoms with van der Waals surface area (Å²) in [6.45, 7) is 0. The molecule has 18 heavy (non-hydrogen) atoms. The molecule has 0 bridgehead atoms. The summed E-state index contributed by atoms with van der Waals surface area (Å²) in [4.78, 5) is 7.90. The molecule has 1 atom stereocenters. The van der Waals surface area contributed by atoms with Gasteiger partial charge in [-0.25, -0.2) is 4.99 Å². The smallest absolute Gasteiger partial charge is 0.112 e. The van der Waals surface area contributed by atoms with E-state index in [1.165, 1.54) is 0 Å². The second-order valence-corrected chi connectivity index (χ2v) is 6.76. The number of rotatable bonds is 0. The molecule has 6 heteroatoms. The summed E-state index contributed by atoms with van der Waals surface area (Å²) in [5.74, 6) is 2.00.